The first-order chi connectivity index (χ1) is 11.4. The predicted octanol–water partition coefficient (Wildman–Crippen LogP) is 1.78. The molecule has 6 nitrogen and oxygen atoms in total. The molecule has 2 aromatic rings. The second-order valence-corrected chi connectivity index (χ2v) is 7.97. The van der Waals surface area contributed by atoms with Crippen molar-refractivity contribution in [3.05, 3.63) is 53.3 Å². The molecule has 1 aliphatic heterocycles. The van der Waals surface area contributed by atoms with Gasteiger partial charge in [-0.3, -0.25) is 4.79 Å². The summed E-state index contributed by atoms with van der Waals surface area (Å²) in [6.07, 6.45) is 3.36. The zero-order chi connectivity index (χ0) is 17.3. The Bertz CT molecular complexity index is 836. The van der Waals surface area contributed by atoms with E-state index in [0.717, 1.165) is 11.1 Å². The van der Waals surface area contributed by atoms with Crippen LogP contribution in [0.15, 0.2) is 41.6 Å². The van der Waals surface area contributed by atoms with Crippen LogP contribution in [-0.2, 0) is 10.0 Å². The van der Waals surface area contributed by atoms with Crippen molar-refractivity contribution in [3.63, 3.8) is 0 Å². The molecule has 1 saturated heterocycles. The average Bonchev–Trinajstić information content (AvgIpc) is 3.08. The van der Waals surface area contributed by atoms with Crippen LogP contribution in [0, 0.1) is 13.8 Å². The van der Waals surface area contributed by atoms with Gasteiger partial charge < -0.3 is 9.88 Å². The van der Waals surface area contributed by atoms with Gasteiger partial charge in [0.25, 0.3) is 5.91 Å². The van der Waals surface area contributed by atoms with Crippen LogP contribution in [0.25, 0.3) is 0 Å². The third-order valence-corrected chi connectivity index (χ3v) is 6.38. The summed E-state index contributed by atoms with van der Waals surface area (Å²) in [4.78, 5) is 17.2. The van der Waals surface area contributed by atoms with E-state index in [1.807, 2.05) is 26.0 Å². The SMILES string of the molecule is Cc1ccc(S(=O)(=O)N2CCN(C(=O)c3cc[nH]c3)CC2)c(C)c1. The number of carbonyl (C=O) groups excluding carboxylic acids is 1. The van der Waals surface area contributed by atoms with Gasteiger partial charge in [-0.15, -0.1) is 0 Å². The van der Waals surface area contributed by atoms with Gasteiger partial charge in [0.15, 0.2) is 0 Å². The highest BCUT2D eigenvalue weighted by Gasteiger charge is 2.31. The fraction of sp³-hybridized carbons (Fsp3) is 0.353. The van der Waals surface area contributed by atoms with Gasteiger partial charge in [0.1, 0.15) is 0 Å². The maximum Gasteiger partial charge on any atom is 0.255 e. The molecule has 0 spiro atoms. The van der Waals surface area contributed by atoms with E-state index in [-0.39, 0.29) is 5.91 Å². The Balaban J connectivity index is 1.73. The molecule has 1 fully saturated rings. The zero-order valence-electron chi connectivity index (χ0n) is 13.8. The van der Waals surface area contributed by atoms with E-state index >= 15 is 0 Å². The van der Waals surface area contributed by atoms with E-state index in [0.29, 0.717) is 36.6 Å². The maximum atomic E-state index is 12.8. The van der Waals surface area contributed by atoms with Gasteiger partial charge in [-0.1, -0.05) is 17.7 Å². The van der Waals surface area contributed by atoms with Gasteiger partial charge in [0.05, 0.1) is 10.5 Å². The van der Waals surface area contributed by atoms with E-state index in [1.165, 1.54) is 4.31 Å². The Labute approximate surface area is 142 Å². The van der Waals surface area contributed by atoms with E-state index < -0.39 is 10.0 Å². The Morgan fingerprint density at radius 3 is 2.38 bits per heavy atom. The van der Waals surface area contributed by atoms with Gasteiger partial charge in [-0.2, -0.15) is 4.31 Å². The zero-order valence-corrected chi connectivity index (χ0v) is 14.6. The average molecular weight is 347 g/mol. The number of hydrogen-bond donors (Lipinski definition) is 1. The first-order valence-corrected chi connectivity index (χ1v) is 9.33. The first kappa shape index (κ1) is 16.7. The normalized spacial score (nSPS) is 16.3. The molecule has 3 rings (SSSR count). The van der Waals surface area contributed by atoms with Crippen LogP contribution in [0.4, 0.5) is 0 Å². The van der Waals surface area contributed by atoms with Gasteiger partial charge in [0.2, 0.25) is 10.0 Å². The van der Waals surface area contributed by atoms with Crippen LogP contribution in [0.1, 0.15) is 21.5 Å². The summed E-state index contributed by atoms with van der Waals surface area (Å²) in [5.41, 5.74) is 2.38. The molecule has 0 radical (unpaired) electrons. The largest absolute Gasteiger partial charge is 0.367 e. The molecular weight excluding hydrogens is 326 g/mol. The van der Waals surface area contributed by atoms with E-state index in [4.69, 9.17) is 0 Å². The van der Waals surface area contributed by atoms with Crippen molar-refractivity contribution in [3.8, 4) is 0 Å². The second-order valence-electron chi connectivity index (χ2n) is 6.06. The lowest BCUT2D eigenvalue weighted by molar-refractivity contribution is 0.0698. The molecular formula is C17H21N3O3S. The van der Waals surface area contributed by atoms with Crippen LogP contribution < -0.4 is 0 Å². The van der Waals surface area contributed by atoms with Crippen molar-refractivity contribution in [1.82, 2.24) is 14.2 Å². The Morgan fingerprint density at radius 1 is 1.08 bits per heavy atom. The van der Waals surface area contributed by atoms with Crippen molar-refractivity contribution < 1.29 is 13.2 Å². The fourth-order valence-corrected chi connectivity index (χ4v) is 4.63. The molecule has 0 saturated carbocycles. The summed E-state index contributed by atoms with van der Waals surface area (Å²) >= 11 is 0. The van der Waals surface area contributed by atoms with Gasteiger partial charge in [-0.25, -0.2) is 8.42 Å². The molecule has 0 unspecified atom stereocenters. The number of rotatable bonds is 3. The lowest BCUT2D eigenvalue weighted by Gasteiger charge is -2.34. The summed E-state index contributed by atoms with van der Waals surface area (Å²) in [7, 11) is -3.52. The van der Waals surface area contributed by atoms with Crippen LogP contribution in [0.5, 0.6) is 0 Å². The lowest BCUT2D eigenvalue weighted by Crippen LogP contribution is -2.50. The summed E-state index contributed by atoms with van der Waals surface area (Å²) < 4.78 is 27.1. The smallest absolute Gasteiger partial charge is 0.255 e. The molecule has 7 heteroatoms. The van der Waals surface area contributed by atoms with Crippen molar-refractivity contribution >= 4 is 15.9 Å². The minimum absolute atomic E-state index is 0.0696. The molecule has 1 N–H and O–H groups in total. The summed E-state index contributed by atoms with van der Waals surface area (Å²) in [6, 6.07) is 7.07. The topological polar surface area (TPSA) is 73.5 Å². The van der Waals surface area contributed by atoms with Gasteiger partial charge in [0, 0.05) is 38.6 Å². The molecule has 1 aromatic carbocycles. The highest BCUT2D eigenvalue weighted by atomic mass is 32.2. The number of hydrogen-bond acceptors (Lipinski definition) is 3. The Hall–Kier alpha value is -2.12. The third kappa shape index (κ3) is 3.09. The van der Waals surface area contributed by atoms with Gasteiger partial charge in [-0.05, 0) is 31.5 Å². The van der Waals surface area contributed by atoms with E-state index in [9.17, 15) is 13.2 Å². The van der Waals surface area contributed by atoms with Crippen molar-refractivity contribution in [2.24, 2.45) is 0 Å². The van der Waals surface area contributed by atoms with Crippen molar-refractivity contribution in [2.75, 3.05) is 26.2 Å². The highest BCUT2D eigenvalue weighted by molar-refractivity contribution is 7.89. The number of benzene rings is 1. The molecule has 128 valence electrons. The van der Waals surface area contributed by atoms with Crippen molar-refractivity contribution in [2.45, 2.75) is 18.7 Å². The number of aromatic nitrogens is 1. The van der Waals surface area contributed by atoms with Crippen LogP contribution in [-0.4, -0.2) is 54.7 Å². The Kier molecular flexibility index (Phi) is 4.47. The molecule has 2 heterocycles. The molecule has 1 aliphatic rings. The molecule has 0 atom stereocenters. The number of sulfonamides is 1. The van der Waals surface area contributed by atoms with Crippen molar-refractivity contribution in [1.29, 1.82) is 0 Å². The maximum absolute atomic E-state index is 12.8. The minimum Gasteiger partial charge on any atom is -0.367 e. The summed E-state index contributed by atoms with van der Waals surface area (Å²) in [5, 5.41) is 0. The molecule has 0 aliphatic carbocycles. The number of aryl methyl sites for hydroxylation is 2. The summed E-state index contributed by atoms with van der Waals surface area (Å²) in [5.74, 6) is -0.0696. The standard InChI is InChI=1S/C17H21N3O3S/c1-13-3-4-16(14(2)11-13)24(22,23)20-9-7-19(8-10-20)17(21)15-5-6-18-12-15/h3-6,11-12,18H,7-10H2,1-2H3. The number of aromatic amines is 1. The minimum atomic E-state index is -3.52. The Morgan fingerprint density at radius 2 is 1.79 bits per heavy atom. The first-order valence-electron chi connectivity index (χ1n) is 7.89. The quantitative estimate of drug-likeness (QED) is 0.920. The number of amides is 1. The van der Waals surface area contributed by atoms with E-state index in [1.54, 1.807) is 29.4 Å². The number of nitrogens with zero attached hydrogens (tertiary/aromatic N) is 2. The third-order valence-electron chi connectivity index (χ3n) is 4.32. The van der Waals surface area contributed by atoms with Gasteiger partial charge >= 0.3 is 0 Å². The van der Waals surface area contributed by atoms with Crippen LogP contribution in [0.2, 0.25) is 0 Å². The lowest BCUT2D eigenvalue weighted by atomic mass is 10.2. The molecule has 24 heavy (non-hydrogen) atoms. The number of nitrogens with one attached hydrogen (secondary N) is 1. The highest BCUT2D eigenvalue weighted by Crippen LogP contribution is 2.22. The second kappa shape index (κ2) is 6.41. The number of piperazine rings is 1. The predicted molar refractivity (Wildman–Crippen MR) is 91.4 cm³/mol. The number of H-pyrrole nitrogens is 1. The van der Waals surface area contributed by atoms with Crippen LogP contribution in [0.3, 0.4) is 0 Å². The summed E-state index contributed by atoms with van der Waals surface area (Å²) in [6.45, 7) is 5.17. The number of carbonyl (C=O) groups is 1. The molecule has 1 aromatic heterocycles. The fourth-order valence-electron chi connectivity index (χ4n) is 3.00. The monoisotopic (exact) mass is 347 g/mol. The van der Waals surface area contributed by atoms with Crippen LogP contribution >= 0.6 is 0 Å². The molecule has 1 amide bonds. The molecule has 0 bridgehead atoms. The van der Waals surface area contributed by atoms with E-state index in [2.05, 4.69) is 4.98 Å².